The summed E-state index contributed by atoms with van der Waals surface area (Å²) in [4.78, 5) is 12.4. The number of anilines is 1. The minimum Gasteiger partial charge on any atom is -0.397 e. The molecule has 3 aromatic heterocycles. The highest BCUT2D eigenvalue weighted by Gasteiger charge is 2.11. The van der Waals surface area contributed by atoms with Crippen molar-refractivity contribution in [3.05, 3.63) is 72.4 Å². The van der Waals surface area contributed by atoms with Gasteiger partial charge in [0.1, 0.15) is 0 Å². The van der Waals surface area contributed by atoms with Crippen molar-refractivity contribution in [1.29, 1.82) is 5.41 Å². The van der Waals surface area contributed by atoms with E-state index < -0.39 is 0 Å². The minimum absolute atomic E-state index is 0.327. The summed E-state index contributed by atoms with van der Waals surface area (Å²) in [5.74, 6) is 0. The smallest absolute Gasteiger partial charge is 0.0725 e. The molecule has 21 heavy (non-hydrogen) atoms. The number of aromatic nitrogens is 3. The van der Waals surface area contributed by atoms with Crippen molar-refractivity contribution in [2.45, 2.75) is 0 Å². The van der Waals surface area contributed by atoms with Crippen LogP contribution in [0.3, 0.4) is 0 Å². The molecule has 3 heterocycles. The van der Waals surface area contributed by atoms with Crippen LogP contribution in [0.4, 0.5) is 5.69 Å². The van der Waals surface area contributed by atoms with E-state index in [2.05, 4.69) is 15.0 Å². The molecule has 0 unspecified atom stereocenters. The van der Waals surface area contributed by atoms with Crippen molar-refractivity contribution in [2.24, 2.45) is 0 Å². The average molecular weight is 275 g/mol. The lowest BCUT2D eigenvalue weighted by atomic mass is 10.0. The zero-order chi connectivity index (χ0) is 14.7. The summed E-state index contributed by atoms with van der Waals surface area (Å²) in [6.07, 6.45) is 8.33. The van der Waals surface area contributed by atoms with Gasteiger partial charge < -0.3 is 5.73 Å². The Morgan fingerprint density at radius 1 is 1.00 bits per heavy atom. The number of nitrogen functional groups attached to an aromatic ring is 1. The Labute approximate surface area is 122 Å². The fraction of sp³-hybridized carbons (Fsp3) is 0. The van der Waals surface area contributed by atoms with E-state index in [9.17, 15) is 0 Å². The Balaban J connectivity index is 2.05. The van der Waals surface area contributed by atoms with Gasteiger partial charge in [0.25, 0.3) is 0 Å². The van der Waals surface area contributed by atoms with Crippen molar-refractivity contribution in [3.8, 4) is 11.3 Å². The van der Waals surface area contributed by atoms with Crippen molar-refractivity contribution in [1.82, 2.24) is 15.0 Å². The van der Waals surface area contributed by atoms with Gasteiger partial charge in [0.2, 0.25) is 0 Å². The maximum absolute atomic E-state index is 8.31. The highest BCUT2D eigenvalue weighted by molar-refractivity contribution is 6.13. The monoisotopic (exact) mass is 275 g/mol. The van der Waals surface area contributed by atoms with Gasteiger partial charge in [0.15, 0.2) is 0 Å². The van der Waals surface area contributed by atoms with Gasteiger partial charge in [0, 0.05) is 41.5 Å². The van der Waals surface area contributed by atoms with E-state index in [0.29, 0.717) is 22.5 Å². The predicted molar refractivity (Wildman–Crippen MR) is 82.0 cm³/mol. The van der Waals surface area contributed by atoms with Crippen LogP contribution in [0.1, 0.15) is 11.1 Å². The molecule has 0 fully saturated rings. The van der Waals surface area contributed by atoms with Gasteiger partial charge in [-0.15, -0.1) is 0 Å². The van der Waals surface area contributed by atoms with Gasteiger partial charge in [-0.3, -0.25) is 20.4 Å². The third kappa shape index (κ3) is 2.62. The van der Waals surface area contributed by atoms with Gasteiger partial charge in [-0.05, 0) is 30.3 Å². The van der Waals surface area contributed by atoms with Crippen LogP contribution in [0.25, 0.3) is 11.3 Å². The van der Waals surface area contributed by atoms with E-state index in [-0.39, 0.29) is 0 Å². The van der Waals surface area contributed by atoms with Gasteiger partial charge >= 0.3 is 0 Å². The summed E-state index contributed by atoms with van der Waals surface area (Å²) < 4.78 is 0. The van der Waals surface area contributed by atoms with Crippen LogP contribution in [0, 0.1) is 5.41 Å². The van der Waals surface area contributed by atoms with Crippen molar-refractivity contribution < 1.29 is 0 Å². The van der Waals surface area contributed by atoms with Gasteiger partial charge in [-0.1, -0.05) is 0 Å². The van der Waals surface area contributed by atoms with E-state index in [0.717, 1.165) is 11.3 Å². The standard InChI is InChI=1S/C16H13N5/c17-14-10-21-15(11-3-1-5-19-8-11)7-13(14)16(18)12-4-2-6-20-9-12/h1-10,18H,17H2. The van der Waals surface area contributed by atoms with E-state index in [1.54, 1.807) is 37.1 Å². The van der Waals surface area contributed by atoms with Crippen LogP contribution in [-0.2, 0) is 0 Å². The molecule has 0 bridgehead atoms. The van der Waals surface area contributed by atoms with Gasteiger partial charge in [-0.2, -0.15) is 0 Å². The number of hydrogen-bond donors (Lipinski definition) is 2. The molecule has 5 nitrogen and oxygen atoms in total. The zero-order valence-electron chi connectivity index (χ0n) is 11.2. The molecule has 0 atom stereocenters. The summed E-state index contributed by atoms with van der Waals surface area (Å²) in [7, 11) is 0. The molecule has 5 heteroatoms. The highest BCUT2D eigenvalue weighted by atomic mass is 14.7. The number of nitrogens with two attached hydrogens (primary N) is 1. The van der Waals surface area contributed by atoms with Gasteiger partial charge in [-0.25, -0.2) is 0 Å². The SMILES string of the molecule is N=C(c1cccnc1)c1cc(-c2cccnc2)ncc1N. The number of hydrogen-bond acceptors (Lipinski definition) is 5. The molecular weight excluding hydrogens is 262 g/mol. The van der Waals surface area contributed by atoms with Crippen LogP contribution in [0.2, 0.25) is 0 Å². The lowest BCUT2D eigenvalue weighted by molar-refractivity contribution is 1.27. The summed E-state index contributed by atoms with van der Waals surface area (Å²) in [6.45, 7) is 0. The zero-order valence-corrected chi connectivity index (χ0v) is 11.2. The van der Waals surface area contributed by atoms with Crippen LogP contribution in [0.15, 0.2) is 61.3 Å². The molecule has 0 amide bonds. The molecule has 0 aromatic carbocycles. The lowest BCUT2D eigenvalue weighted by Crippen LogP contribution is -2.07. The first kappa shape index (κ1) is 12.9. The largest absolute Gasteiger partial charge is 0.397 e. The molecular formula is C16H13N5. The van der Waals surface area contributed by atoms with E-state index >= 15 is 0 Å². The Bertz CT molecular complexity index is 769. The fourth-order valence-corrected chi connectivity index (χ4v) is 2.02. The van der Waals surface area contributed by atoms with Gasteiger partial charge in [0.05, 0.1) is 23.3 Å². The highest BCUT2D eigenvalue weighted by Crippen LogP contribution is 2.22. The summed E-state index contributed by atoms with van der Waals surface area (Å²) in [5.41, 5.74) is 9.74. The molecule has 102 valence electrons. The van der Waals surface area contributed by atoms with E-state index in [1.165, 1.54) is 0 Å². The second-order valence-electron chi connectivity index (χ2n) is 4.52. The summed E-state index contributed by atoms with van der Waals surface area (Å²) >= 11 is 0. The molecule has 3 rings (SSSR count). The molecule has 0 saturated heterocycles. The van der Waals surface area contributed by atoms with Crippen LogP contribution < -0.4 is 5.73 Å². The average Bonchev–Trinajstić information content (AvgIpc) is 2.56. The first-order valence-electron chi connectivity index (χ1n) is 6.41. The maximum Gasteiger partial charge on any atom is 0.0725 e. The molecule has 0 radical (unpaired) electrons. The number of nitrogens with one attached hydrogen (secondary N) is 1. The third-order valence-electron chi connectivity index (χ3n) is 3.11. The fourth-order valence-electron chi connectivity index (χ4n) is 2.02. The molecule has 3 aromatic rings. The second-order valence-corrected chi connectivity index (χ2v) is 4.52. The Kier molecular flexibility index (Phi) is 3.39. The molecule has 0 spiro atoms. The van der Waals surface area contributed by atoms with Crippen LogP contribution in [0.5, 0.6) is 0 Å². The Morgan fingerprint density at radius 3 is 2.43 bits per heavy atom. The van der Waals surface area contributed by atoms with Crippen molar-refractivity contribution in [3.63, 3.8) is 0 Å². The molecule has 0 saturated carbocycles. The topological polar surface area (TPSA) is 88.5 Å². The van der Waals surface area contributed by atoms with E-state index in [4.69, 9.17) is 11.1 Å². The third-order valence-corrected chi connectivity index (χ3v) is 3.11. The molecule has 3 N–H and O–H groups in total. The maximum atomic E-state index is 8.31. The van der Waals surface area contributed by atoms with Crippen molar-refractivity contribution >= 4 is 11.4 Å². The first-order chi connectivity index (χ1) is 10.3. The minimum atomic E-state index is 0.327. The first-order valence-corrected chi connectivity index (χ1v) is 6.41. The van der Waals surface area contributed by atoms with E-state index in [1.807, 2.05) is 24.3 Å². The molecule has 0 aliphatic heterocycles. The Morgan fingerprint density at radius 2 is 1.76 bits per heavy atom. The Hall–Kier alpha value is -3.08. The van der Waals surface area contributed by atoms with Crippen LogP contribution >= 0.6 is 0 Å². The number of rotatable bonds is 3. The van der Waals surface area contributed by atoms with Crippen LogP contribution in [-0.4, -0.2) is 20.7 Å². The summed E-state index contributed by atoms with van der Waals surface area (Å²) in [6, 6.07) is 9.20. The molecule has 0 aliphatic rings. The number of nitrogens with zero attached hydrogens (tertiary/aromatic N) is 3. The summed E-state index contributed by atoms with van der Waals surface area (Å²) in [5, 5.41) is 8.31. The normalized spacial score (nSPS) is 10.3. The lowest BCUT2D eigenvalue weighted by Gasteiger charge is -2.09. The predicted octanol–water partition coefficient (Wildman–Crippen LogP) is 2.54. The molecule has 0 aliphatic carbocycles. The quantitative estimate of drug-likeness (QED) is 0.719. The number of pyridine rings is 3. The second kappa shape index (κ2) is 5.50. The van der Waals surface area contributed by atoms with Crippen molar-refractivity contribution in [2.75, 3.05) is 5.73 Å².